The van der Waals surface area contributed by atoms with Crippen LogP contribution in [-0.2, 0) is 4.79 Å². The molecule has 1 saturated heterocycles. The Morgan fingerprint density at radius 1 is 1.57 bits per heavy atom. The van der Waals surface area contributed by atoms with Gasteiger partial charge in [0, 0.05) is 24.5 Å². The monoisotopic (exact) mass is 373 g/mol. The fourth-order valence-electron chi connectivity index (χ4n) is 2.63. The number of carbonyl (C=O) groups excluding carboxylic acids is 1. The fraction of sp³-hybridized carbons (Fsp3) is 0.714. The van der Waals surface area contributed by atoms with Crippen molar-refractivity contribution in [2.45, 2.75) is 56.5 Å². The average molecular weight is 374 g/mol. The van der Waals surface area contributed by atoms with Crippen molar-refractivity contribution >= 4 is 51.5 Å². The van der Waals surface area contributed by atoms with Crippen LogP contribution >= 0.6 is 35.3 Å². The van der Waals surface area contributed by atoms with E-state index in [1.807, 2.05) is 0 Å². The highest BCUT2D eigenvalue weighted by molar-refractivity contribution is 8.01. The molecule has 1 aromatic heterocycles. The summed E-state index contributed by atoms with van der Waals surface area (Å²) in [4.78, 5) is 14.2. The number of carbonyl (C=O) groups is 1. The molecule has 1 aliphatic heterocycles. The molecule has 0 bridgehead atoms. The highest BCUT2D eigenvalue weighted by Crippen LogP contribution is 2.25. The van der Waals surface area contributed by atoms with Gasteiger partial charge >= 0.3 is 0 Å². The van der Waals surface area contributed by atoms with Crippen LogP contribution in [0.1, 0.15) is 40.5 Å². The van der Waals surface area contributed by atoms with Gasteiger partial charge in [-0.3, -0.25) is 4.79 Å². The quantitative estimate of drug-likeness (QED) is 0.451. The summed E-state index contributed by atoms with van der Waals surface area (Å²) in [6.07, 6.45) is 1.37. The number of amides is 1. The lowest BCUT2D eigenvalue weighted by Gasteiger charge is -2.44. The van der Waals surface area contributed by atoms with Crippen LogP contribution < -0.4 is 10.6 Å². The van der Waals surface area contributed by atoms with Crippen LogP contribution in [-0.4, -0.2) is 50.0 Å². The molecular formula is C14H23N5OS3. The number of thiocarbonyl (C=S) groups is 1. The number of rotatable bonds is 6. The van der Waals surface area contributed by atoms with Crippen LogP contribution in [0.5, 0.6) is 0 Å². The second-order valence-electron chi connectivity index (χ2n) is 6.16. The van der Waals surface area contributed by atoms with E-state index in [1.165, 1.54) is 11.3 Å². The summed E-state index contributed by atoms with van der Waals surface area (Å²) in [6.45, 7) is 9.08. The van der Waals surface area contributed by atoms with E-state index in [1.54, 1.807) is 11.8 Å². The van der Waals surface area contributed by atoms with Crippen molar-refractivity contribution in [3.63, 3.8) is 0 Å². The minimum absolute atomic E-state index is 0.00909. The highest BCUT2D eigenvalue weighted by atomic mass is 32.2. The Balaban J connectivity index is 1.83. The zero-order chi connectivity index (χ0) is 17.0. The van der Waals surface area contributed by atoms with Crippen molar-refractivity contribution in [1.29, 1.82) is 0 Å². The topological polar surface area (TPSA) is 70.2 Å². The van der Waals surface area contributed by atoms with Crippen LogP contribution in [0.3, 0.4) is 0 Å². The van der Waals surface area contributed by atoms with E-state index in [-0.39, 0.29) is 11.4 Å². The van der Waals surface area contributed by atoms with E-state index in [0.717, 1.165) is 21.6 Å². The van der Waals surface area contributed by atoms with Gasteiger partial charge in [0.15, 0.2) is 9.45 Å². The van der Waals surface area contributed by atoms with E-state index in [9.17, 15) is 4.79 Å². The zero-order valence-electron chi connectivity index (χ0n) is 13.9. The maximum atomic E-state index is 12.1. The Morgan fingerprint density at radius 3 is 2.96 bits per heavy atom. The summed E-state index contributed by atoms with van der Waals surface area (Å²) < 4.78 is 0.875. The molecule has 0 aliphatic carbocycles. The molecule has 6 nitrogen and oxygen atoms in total. The van der Waals surface area contributed by atoms with Gasteiger partial charge in [0.2, 0.25) is 11.0 Å². The lowest BCUT2D eigenvalue weighted by atomic mass is 9.93. The highest BCUT2D eigenvalue weighted by Gasteiger charge is 2.33. The predicted molar refractivity (Wildman–Crippen MR) is 100 cm³/mol. The number of anilines is 1. The normalized spacial score (nSPS) is 20.3. The first-order valence-corrected chi connectivity index (χ1v) is 9.86. The van der Waals surface area contributed by atoms with Gasteiger partial charge in [-0.05, 0) is 45.2 Å². The van der Waals surface area contributed by atoms with Crippen LogP contribution in [0, 0.1) is 0 Å². The molecule has 128 valence electrons. The summed E-state index contributed by atoms with van der Waals surface area (Å²) in [7, 11) is 0. The smallest absolute Gasteiger partial charge is 0.227 e. The molecule has 1 amide bonds. The lowest BCUT2D eigenvalue weighted by Crippen LogP contribution is -2.60. The Kier molecular flexibility index (Phi) is 6.21. The molecule has 0 unspecified atom stereocenters. The van der Waals surface area contributed by atoms with E-state index in [4.69, 9.17) is 12.2 Å². The van der Waals surface area contributed by atoms with E-state index < -0.39 is 0 Å². The van der Waals surface area contributed by atoms with E-state index in [2.05, 4.69) is 53.4 Å². The minimum Gasteiger partial charge on any atom is -0.358 e. The molecule has 1 fully saturated rings. The number of hydrogen-bond acceptors (Lipinski definition) is 6. The number of aromatic nitrogens is 2. The summed E-state index contributed by atoms with van der Waals surface area (Å²) in [5.41, 5.74) is 0.00909. The molecule has 2 heterocycles. The Labute approximate surface area is 150 Å². The number of hydrogen-bond donors (Lipinski definition) is 2. The molecule has 0 spiro atoms. The average Bonchev–Trinajstić information content (AvgIpc) is 2.84. The molecule has 0 saturated carbocycles. The standard InChI is InChI=1S/C14H23N5OS3/c1-5-22-13-18-17-11(23-13)15-10(20)6-7-19-9(2)8-14(3,4)16-12(19)21/h9H,5-8H2,1-4H3,(H,16,21)(H,15,17,20)/t9-/m0/s1. The van der Waals surface area contributed by atoms with Gasteiger partial charge in [0.25, 0.3) is 0 Å². The maximum Gasteiger partial charge on any atom is 0.227 e. The SMILES string of the molecule is CCSc1nnc(NC(=O)CCN2C(=S)NC(C)(C)C[C@@H]2C)s1. The summed E-state index contributed by atoms with van der Waals surface area (Å²) in [5, 5.41) is 15.4. The number of nitrogens with zero attached hydrogens (tertiary/aromatic N) is 3. The summed E-state index contributed by atoms with van der Waals surface area (Å²) >= 11 is 8.45. The van der Waals surface area contributed by atoms with Crippen LogP contribution in [0.15, 0.2) is 4.34 Å². The largest absolute Gasteiger partial charge is 0.358 e. The summed E-state index contributed by atoms with van der Waals surface area (Å²) in [5.74, 6) is 0.880. The van der Waals surface area contributed by atoms with E-state index >= 15 is 0 Å². The fourth-order valence-corrected chi connectivity index (χ4v) is 4.84. The van der Waals surface area contributed by atoms with Gasteiger partial charge in [-0.15, -0.1) is 10.2 Å². The molecular weight excluding hydrogens is 350 g/mol. The van der Waals surface area contributed by atoms with Gasteiger partial charge in [-0.25, -0.2) is 0 Å². The molecule has 9 heteroatoms. The molecule has 1 aromatic rings. The molecule has 2 rings (SSSR count). The third-order valence-electron chi connectivity index (χ3n) is 3.54. The minimum atomic E-state index is -0.0611. The Bertz CT molecular complexity index is 575. The van der Waals surface area contributed by atoms with Gasteiger partial charge in [0.05, 0.1) is 0 Å². The van der Waals surface area contributed by atoms with Crippen LogP contribution in [0.25, 0.3) is 0 Å². The second kappa shape index (κ2) is 7.76. The molecule has 2 N–H and O–H groups in total. The first kappa shape index (κ1) is 18.4. The van der Waals surface area contributed by atoms with Gasteiger partial charge in [-0.2, -0.15) is 0 Å². The van der Waals surface area contributed by atoms with Crippen molar-refractivity contribution in [3.8, 4) is 0 Å². The van der Waals surface area contributed by atoms with Crippen molar-refractivity contribution in [2.75, 3.05) is 17.6 Å². The van der Waals surface area contributed by atoms with Crippen LogP contribution in [0.2, 0.25) is 0 Å². The summed E-state index contributed by atoms with van der Waals surface area (Å²) in [6, 6.07) is 0.320. The van der Waals surface area contributed by atoms with Crippen LogP contribution in [0.4, 0.5) is 5.13 Å². The van der Waals surface area contributed by atoms with Crippen molar-refractivity contribution in [2.24, 2.45) is 0 Å². The van der Waals surface area contributed by atoms with Crippen molar-refractivity contribution in [3.05, 3.63) is 0 Å². The van der Waals surface area contributed by atoms with Crippen molar-refractivity contribution < 1.29 is 4.79 Å². The maximum absolute atomic E-state index is 12.1. The molecule has 0 radical (unpaired) electrons. The van der Waals surface area contributed by atoms with Gasteiger partial charge < -0.3 is 15.5 Å². The molecule has 0 aromatic carbocycles. The first-order chi connectivity index (χ1) is 10.8. The number of nitrogens with one attached hydrogen (secondary N) is 2. The Hall–Kier alpha value is -0.930. The molecule has 23 heavy (non-hydrogen) atoms. The number of thioether (sulfide) groups is 1. The predicted octanol–water partition coefficient (Wildman–Crippen LogP) is 2.73. The first-order valence-electron chi connectivity index (χ1n) is 7.65. The van der Waals surface area contributed by atoms with Gasteiger partial charge in [-0.1, -0.05) is 30.0 Å². The Morgan fingerprint density at radius 2 is 2.30 bits per heavy atom. The second-order valence-corrected chi connectivity index (χ2v) is 9.04. The zero-order valence-corrected chi connectivity index (χ0v) is 16.3. The third kappa shape index (κ3) is 5.29. The third-order valence-corrected chi connectivity index (χ3v) is 5.74. The molecule has 1 aliphatic rings. The molecule has 1 atom stereocenters. The lowest BCUT2D eigenvalue weighted by molar-refractivity contribution is -0.116. The van der Waals surface area contributed by atoms with Crippen molar-refractivity contribution in [1.82, 2.24) is 20.4 Å². The van der Waals surface area contributed by atoms with E-state index in [0.29, 0.717) is 24.1 Å². The van der Waals surface area contributed by atoms with Gasteiger partial charge in [0.1, 0.15) is 0 Å².